The third-order valence-electron chi connectivity index (χ3n) is 4.54. The summed E-state index contributed by atoms with van der Waals surface area (Å²) in [6, 6.07) is -4.18. The van der Waals surface area contributed by atoms with Crippen molar-refractivity contribution in [3.63, 3.8) is 0 Å². The Bertz CT molecular complexity index is 538. The lowest BCUT2D eigenvalue weighted by atomic mass is 9.95. The largest absolute Gasteiger partial charge is 0.470 e. The molecule has 0 unspecified atom stereocenters. The minimum Gasteiger partial charge on any atom is -0.394 e. The Morgan fingerprint density at radius 3 is 2.11 bits per heavy atom. The molecule has 2 heterocycles. The quantitative estimate of drug-likeness (QED) is 0.182. The molecule has 2 rings (SSSR count). The highest BCUT2D eigenvalue weighted by Gasteiger charge is 2.47. The predicted molar refractivity (Wildman–Crippen MR) is 87.4 cm³/mol. The van der Waals surface area contributed by atoms with Crippen LogP contribution in [0.25, 0.3) is 0 Å². The second-order valence-corrected chi connectivity index (χ2v) is 7.68. The number of aliphatic hydroxyl groups is 3. The number of rotatable bonds is 6. The smallest absolute Gasteiger partial charge is 0.394 e. The van der Waals surface area contributed by atoms with Crippen molar-refractivity contribution in [2.75, 3.05) is 13.2 Å². The fraction of sp³-hybridized carbons (Fsp3) is 1.00. The van der Waals surface area contributed by atoms with Gasteiger partial charge in [-0.25, -0.2) is 4.57 Å². The number of aliphatic hydroxyl groups excluding tert-OH is 3. The van der Waals surface area contributed by atoms with Crippen LogP contribution in [0.5, 0.6) is 0 Å². The van der Waals surface area contributed by atoms with Crippen molar-refractivity contribution in [2.24, 2.45) is 22.9 Å². The molecule has 2 aliphatic rings. The SMILES string of the molecule is N[C@@H]1[C@@H](N)[C@H](O)O[C@H](CO[C@@H]2O[C@H](CO)[C@@H](OP(=O)(O)O)[C@H](N)[C@H]2N)[C@H]1O. The Labute approximate surface area is 154 Å². The summed E-state index contributed by atoms with van der Waals surface area (Å²) >= 11 is 0. The Morgan fingerprint density at radius 1 is 0.926 bits per heavy atom. The molecular formula is C12H27N4O10P. The minimum atomic E-state index is -4.91. The number of phosphoric ester groups is 1. The summed E-state index contributed by atoms with van der Waals surface area (Å²) in [5, 5.41) is 29.2. The lowest BCUT2D eigenvalue weighted by Gasteiger charge is -2.44. The van der Waals surface area contributed by atoms with Crippen LogP contribution in [0.4, 0.5) is 0 Å². The number of ether oxygens (including phenoxy) is 3. The molecule has 160 valence electrons. The summed E-state index contributed by atoms with van der Waals surface area (Å²) in [6.07, 6.45) is -7.51. The zero-order valence-corrected chi connectivity index (χ0v) is 15.1. The topological polar surface area (TPSA) is 259 Å². The third kappa shape index (κ3) is 5.41. The maximum atomic E-state index is 11.1. The van der Waals surface area contributed by atoms with Crippen molar-refractivity contribution in [3.05, 3.63) is 0 Å². The molecule has 0 aromatic rings. The van der Waals surface area contributed by atoms with E-state index in [1.54, 1.807) is 0 Å². The van der Waals surface area contributed by atoms with Gasteiger partial charge in [-0.3, -0.25) is 4.52 Å². The summed E-state index contributed by atoms with van der Waals surface area (Å²) in [4.78, 5) is 17.9. The normalized spacial score (nSPS) is 46.4. The Kier molecular flexibility index (Phi) is 7.68. The van der Waals surface area contributed by atoms with Crippen LogP contribution in [0, 0.1) is 0 Å². The van der Waals surface area contributed by atoms with Gasteiger partial charge >= 0.3 is 7.82 Å². The molecule has 14 nitrogen and oxygen atoms in total. The van der Waals surface area contributed by atoms with E-state index < -0.39 is 75.6 Å². The Balaban J connectivity index is 2.00. The molecule has 0 bridgehead atoms. The number of phosphoric acid groups is 1. The first-order chi connectivity index (χ1) is 12.5. The number of hydrogen-bond acceptors (Lipinski definition) is 12. The molecule has 0 radical (unpaired) electrons. The van der Waals surface area contributed by atoms with Crippen LogP contribution in [0.1, 0.15) is 0 Å². The Hall–Kier alpha value is -0.290. The van der Waals surface area contributed by atoms with Crippen LogP contribution in [0.3, 0.4) is 0 Å². The second kappa shape index (κ2) is 9.02. The van der Waals surface area contributed by atoms with E-state index in [1.165, 1.54) is 0 Å². The van der Waals surface area contributed by atoms with E-state index in [1.807, 2.05) is 0 Å². The van der Waals surface area contributed by atoms with E-state index in [9.17, 15) is 19.9 Å². The molecular weight excluding hydrogens is 391 g/mol. The van der Waals surface area contributed by atoms with Crippen LogP contribution >= 0.6 is 7.82 Å². The van der Waals surface area contributed by atoms with E-state index in [0.717, 1.165) is 0 Å². The monoisotopic (exact) mass is 418 g/mol. The molecule has 0 saturated carbocycles. The van der Waals surface area contributed by atoms with Crippen LogP contribution in [0.2, 0.25) is 0 Å². The van der Waals surface area contributed by atoms with Crippen molar-refractivity contribution in [3.8, 4) is 0 Å². The zero-order chi connectivity index (χ0) is 20.5. The molecule has 15 heteroatoms. The summed E-state index contributed by atoms with van der Waals surface area (Å²) < 4.78 is 31.6. The Morgan fingerprint density at radius 2 is 1.56 bits per heavy atom. The van der Waals surface area contributed by atoms with Gasteiger partial charge in [0.25, 0.3) is 0 Å². The molecule has 0 aromatic carbocycles. The van der Waals surface area contributed by atoms with Crippen LogP contribution < -0.4 is 22.9 Å². The van der Waals surface area contributed by atoms with Crippen LogP contribution in [0.15, 0.2) is 0 Å². The van der Waals surface area contributed by atoms with Gasteiger partial charge in [-0.1, -0.05) is 0 Å². The number of hydrogen-bond donors (Lipinski definition) is 9. The fourth-order valence-corrected chi connectivity index (χ4v) is 3.52. The lowest BCUT2D eigenvalue weighted by Crippen LogP contribution is -2.67. The van der Waals surface area contributed by atoms with Gasteiger partial charge < -0.3 is 62.3 Å². The molecule has 2 fully saturated rings. The molecule has 13 N–H and O–H groups in total. The van der Waals surface area contributed by atoms with Gasteiger partial charge in [0.2, 0.25) is 0 Å². The molecule has 27 heavy (non-hydrogen) atoms. The lowest BCUT2D eigenvalue weighted by molar-refractivity contribution is -0.272. The zero-order valence-electron chi connectivity index (χ0n) is 14.2. The molecule has 10 atom stereocenters. The van der Waals surface area contributed by atoms with E-state index in [0.29, 0.717) is 0 Å². The van der Waals surface area contributed by atoms with Gasteiger partial charge in [0, 0.05) is 0 Å². The van der Waals surface area contributed by atoms with Crippen LogP contribution in [-0.4, -0.2) is 99.5 Å². The average Bonchev–Trinajstić information content (AvgIpc) is 2.59. The van der Waals surface area contributed by atoms with Gasteiger partial charge in [0.15, 0.2) is 12.6 Å². The van der Waals surface area contributed by atoms with Crippen molar-refractivity contribution < 1.29 is 48.4 Å². The second-order valence-electron chi connectivity index (χ2n) is 6.48. The van der Waals surface area contributed by atoms with Gasteiger partial charge in [0.05, 0.1) is 43.5 Å². The van der Waals surface area contributed by atoms with Gasteiger partial charge in [0.1, 0.15) is 18.3 Å². The molecule has 0 aromatic heterocycles. The van der Waals surface area contributed by atoms with E-state index >= 15 is 0 Å². The molecule has 0 aliphatic carbocycles. The van der Waals surface area contributed by atoms with Gasteiger partial charge in [-0.05, 0) is 0 Å². The third-order valence-corrected chi connectivity index (χ3v) is 5.06. The standard InChI is InChI=1S/C12H27N4O10P/c13-5-7(15)11(19)24-4(9(5)18)2-23-12-8(16)6(14)10(3(1-17)25-12)26-27(20,21)22/h3-12,17-19H,1-2,13-16H2,(H2,20,21,22)/t3-,4-,5-,6-,7-,8-,9-,10-,11-,12-/m1/s1. The summed E-state index contributed by atoms with van der Waals surface area (Å²) in [5.74, 6) is 0. The highest BCUT2D eigenvalue weighted by Crippen LogP contribution is 2.40. The van der Waals surface area contributed by atoms with E-state index in [-0.39, 0.29) is 6.61 Å². The fourth-order valence-electron chi connectivity index (χ4n) is 2.93. The molecule has 0 spiro atoms. The van der Waals surface area contributed by atoms with E-state index in [2.05, 4.69) is 4.52 Å². The summed E-state index contributed by atoms with van der Waals surface area (Å²) in [5.41, 5.74) is 23.1. The molecule has 2 saturated heterocycles. The summed E-state index contributed by atoms with van der Waals surface area (Å²) in [7, 11) is -4.91. The predicted octanol–water partition coefficient (Wildman–Crippen LogP) is -5.41. The van der Waals surface area contributed by atoms with Crippen molar-refractivity contribution in [1.29, 1.82) is 0 Å². The van der Waals surface area contributed by atoms with Crippen molar-refractivity contribution >= 4 is 7.82 Å². The van der Waals surface area contributed by atoms with Crippen molar-refractivity contribution in [2.45, 2.75) is 61.2 Å². The average molecular weight is 418 g/mol. The first kappa shape index (κ1) is 23.0. The first-order valence-corrected chi connectivity index (χ1v) is 9.65. The highest BCUT2D eigenvalue weighted by molar-refractivity contribution is 7.46. The van der Waals surface area contributed by atoms with Crippen LogP contribution in [-0.2, 0) is 23.3 Å². The van der Waals surface area contributed by atoms with Gasteiger partial charge in [-0.2, -0.15) is 0 Å². The maximum absolute atomic E-state index is 11.1. The highest BCUT2D eigenvalue weighted by atomic mass is 31.2. The van der Waals surface area contributed by atoms with Crippen molar-refractivity contribution in [1.82, 2.24) is 0 Å². The molecule has 2 aliphatic heterocycles. The first-order valence-electron chi connectivity index (χ1n) is 8.12. The minimum absolute atomic E-state index is 0.314. The van der Waals surface area contributed by atoms with E-state index in [4.69, 9.17) is 46.9 Å². The number of nitrogens with two attached hydrogens (primary N) is 4. The van der Waals surface area contributed by atoms with Gasteiger partial charge in [-0.15, -0.1) is 0 Å². The maximum Gasteiger partial charge on any atom is 0.470 e. The molecule has 0 amide bonds. The summed E-state index contributed by atoms with van der Waals surface area (Å²) in [6.45, 7) is -0.988.